The Morgan fingerprint density at radius 2 is 2.03 bits per heavy atom. The molecule has 2 aliphatic rings. The van der Waals surface area contributed by atoms with Crippen LogP contribution in [-0.2, 0) is 19.7 Å². The van der Waals surface area contributed by atoms with E-state index in [-0.39, 0.29) is 18.9 Å². The van der Waals surface area contributed by atoms with Crippen molar-refractivity contribution in [2.45, 2.75) is 38.0 Å². The van der Waals surface area contributed by atoms with Gasteiger partial charge in [-0.05, 0) is 56.0 Å². The van der Waals surface area contributed by atoms with Crippen LogP contribution in [-0.4, -0.2) is 36.0 Å². The first-order chi connectivity index (χ1) is 15.0. The van der Waals surface area contributed by atoms with Crippen LogP contribution in [0.15, 0.2) is 53.5 Å². The molecule has 1 aliphatic heterocycles. The van der Waals surface area contributed by atoms with Crippen molar-refractivity contribution >= 4 is 23.3 Å². The van der Waals surface area contributed by atoms with Crippen molar-refractivity contribution in [3.63, 3.8) is 0 Å². The van der Waals surface area contributed by atoms with Crippen molar-refractivity contribution in [1.82, 2.24) is 5.48 Å². The second kappa shape index (κ2) is 8.51. The molecular formula is C24H26N2O5. The lowest BCUT2D eigenvalue weighted by molar-refractivity contribution is -0.148. The van der Waals surface area contributed by atoms with Crippen molar-refractivity contribution in [2.24, 2.45) is 10.9 Å². The van der Waals surface area contributed by atoms with E-state index in [0.29, 0.717) is 17.9 Å². The van der Waals surface area contributed by atoms with Gasteiger partial charge >= 0.3 is 5.97 Å². The number of amides is 1. The molecule has 2 aromatic rings. The number of benzene rings is 2. The molecule has 7 heteroatoms. The van der Waals surface area contributed by atoms with E-state index in [1.807, 2.05) is 31.2 Å². The maximum atomic E-state index is 12.7. The van der Waals surface area contributed by atoms with Crippen LogP contribution in [0.25, 0.3) is 0 Å². The maximum Gasteiger partial charge on any atom is 0.317 e. The normalized spacial score (nSPS) is 23.9. The molecule has 1 unspecified atom stereocenters. The highest BCUT2D eigenvalue weighted by atomic mass is 16.5. The Labute approximate surface area is 181 Å². The largest absolute Gasteiger partial charge is 0.493 e. The number of hydrogen-bond acceptors (Lipinski definition) is 6. The molecule has 2 N–H and O–H groups in total. The van der Waals surface area contributed by atoms with E-state index in [1.165, 1.54) is 0 Å². The number of para-hydroxylation sites is 1. The fourth-order valence-electron chi connectivity index (χ4n) is 4.44. The third-order valence-corrected chi connectivity index (χ3v) is 6.06. The number of carbonyl (C=O) groups is 2. The highest BCUT2D eigenvalue weighted by molar-refractivity contribution is 5.98. The number of hydrogen-bond donors (Lipinski definition) is 2. The maximum absolute atomic E-state index is 12.7. The Kier molecular flexibility index (Phi) is 5.78. The summed E-state index contributed by atoms with van der Waals surface area (Å²) < 4.78 is 11.4. The zero-order valence-electron chi connectivity index (χ0n) is 17.6. The van der Waals surface area contributed by atoms with Gasteiger partial charge in [0.1, 0.15) is 11.2 Å². The molecule has 0 saturated heterocycles. The summed E-state index contributed by atoms with van der Waals surface area (Å²) in [6.45, 7) is 4.43. The number of rotatable bonds is 7. The minimum Gasteiger partial charge on any atom is -0.493 e. The zero-order valence-corrected chi connectivity index (χ0v) is 17.6. The lowest BCUT2D eigenvalue weighted by atomic mass is 9.90. The summed E-state index contributed by atoms with van der Waals surface area (Å²) >= 11 is 0. The van der Waals surface area contributed by atoms with Crippen molar-refractivity contribution in [1.29, 1.82) is 0 Å². The fraction of sp³-hybridized carbons (Fsp3) is 0.375. The highest BCUT2D eigenvalue weighted by Gasteiger charge is 2.66. The van der Waals surface area contributed by atoms with E-state index in [9.17, 15) is 9.59 Å². The predicted molar refractivity (Wildman–Crippen MR) is 115 cm³/mol. The quantitative estimate of drug-likeness (QED) is 0.403. The molecule has 1 amide bonds. The van der Waals surface area contributed by atoms with Gasteiger partial charge < -0.3 is 9.47 Å². The Balaban J connectivity index is 1.54. The van der Waals surface area contributed by atoms with Gasteiger partial charge in [0, 0.05) is 11.6 Å². The van der Waals surface area contributed by atoms with E-state index in [4.69, 9.17) is 14.7 Å². The Bertz CT molecular complexity index is 1030. The first-order valence-electron chi connectivity index (χ1n) is 10.5. The molecule has 0 spiro atoms. The third-order valence-electron chi connectivity index (χ3n) is 6.06. The highest BCUT2D eigenvalue weighted by Crippen LogP contribution is 2.55. The minimum absolute atomic E-state index is 0.185. The molecule has 1 aliphatic carbocycles. The second-order valence-corrected chi connectivity index (χ2v) is 8.07. The van der Waals surface area contributed by atoms with Crippen LogP contribution in [0.5, 0.6) is 5.75 Å². The molecule has 1 saturated carbocycles. The summed E-state index contributed by atoms with van der Waals surface area (Å²) in [7, 11) is 0. The van der Waals surface area contributed by atoms with Gasteiger partial charge in [0.2, 0.25) is 5.91 Å². The minimum atomic E-state index is -1.09. The first kappa shape index (κ1) is 21.1. The molecule has 7 nitrogen and oxygen atoms in total. The molecule has 4 rings (SSSR count). The second-order valence-electron chi connectivity index (χ2n) is 8.07. The van der Waals surface area contributed by atoms with Crippen LogP contribution in [0, 0.1) is 5.92 Å². The van der Waals surface area contributed by atoms with E-state index in [2.05, 4.69) is 11.1 Å². The van der Waals surface area contributed by atoms with Crippen LogP contribution < -0.4 is 10.2 Å². The lowest BCUT2D eigenvalue weighted by Crippen LogP contribution is -2.32. The van der Waals surface area contributed by atoms with Crippen molar-refractivity contribution < 1.29 is 24.3 Å². The van der Waals surface area contributed by atoms with Crippen LogP contribution in [0.2, 0.25) is 0 Å². The number of fused-ring (bicyclic) bond motifs is 1. The SMILES string of the molecule is CCOC(=O)[C@]1(c2cccc(OCC3CC(C)=Nc4ccccc43)c2)C[C@H]1C(=O)NO. The molecule has 162 valence electrons. The van der Waals surface area contributed by atoms with Crippen LogP contribution in [0.4, 0.5) is 5.69 Å². The molecule has 0 aromatic heterocycles. The molecule has 1 heterocycles. The van der Waals surface area contributed by atoms with Gasteiger partial charge in [-0.1, -0.05) is 30.3 Å². The summed E-state index contributed by atoms with van der Waals surface area (Å²) in [5.74, 6) is -0.920. The van der Waals surface area contributed by atoms with Crippen molar-refractivity contribution in [3.05, 3.63) is 59.7 Å². The van der Waals surface area contributed by atoms with E-state index in [1.54, 1.807) is 30.6 Å². The summed E-state index contributed by atoms with van der Waals surface area (Å²) in [6.07, 6.45) is 1.11. The van der Waals surface area contributed by atoms with Crippen molar-refractivity contribution in [3.8, 4) is 5.75 Å². The number of nitrogens with zero attached hydrogens (tertiary/aromatic N) is 1. The summed E-state index contributed by atoms with van der Waals surface area (Å²) in [5, 5.41) is 9.03. The number of nitrogens with one attached hydrogen (secondary N) is 1. The van der Waals surface area contributed by atoms with Gasteiger partial charge in [0.05, 0.1) is 24.8 Å². The zero-order chi connectivity index (χ0) is 22.0. The smallest absolute Gasteiger partial charge is 0.317 e. The van der Waals surface area contributed by atoms with E-state index < -0.39 is 23.2 Å². The first-order valence-corrected chi connectivity index (χ1v) is 10.5. The lowest BCUT2D eigenvalue weighted by Gasteiger charge is -2.24. The van der Waals surface area contributed by atoms with Crippen LogP contribution in [0.3, 0.4) is 0 Å². The van der Waals surface area contributed by atoms with Gasteiger partial charge in [0.25, 0.3) is 0 Å². The molecule has 3 atom stereocenters. The topological polar surface area (TPSA) is 97.2 Å². The van der Waals surface area contributed by atoms with Gasteiger partial charge in [-0.3, -0.25) is 19.8 Å². The number of aliphatic imine (C=N–C) groups is 1. The standard InChI is InChI=1S/C24H26N2O5/c1-3-30-23(28)24(13-20(24)22(27)26-29)17-7-6-8-18(12-17)31-14-16-11-15(2)25-21-10-5-4-9-19(16)21/h4-10,12,16,20,29H,3,11,13-14H2,1-2H3,(H,26,27)/t16?,20-,24-/m0/s1. The van der Waals surface area contributed by atoms with Gasteiger partial charge in [-0.2, -0.15) is 0 Å². The monoisotopic (exact) mass is 422 g/mol. The van der Waals surface area contributed by atoms with Crippen LogP contribution >= 0.6 is 0 Å². The average Bonchev–Trinajstić information content (AvgIpc) is 3.54. The predicted octanol–water partition coefficient (Wildman–Crippen LogP) is 3.67. The summed E-state index contributed by atoms with van der Waals surface area (Å²) in [4.78, 5) is 29.4. The van der Waals surface area contributed by atoms with E-state index in [0.717, 1.165) is 23.4 Å². The summed E-state index contributed by atoms with van der Waals surface area (Å²) in [6, 6.07) is 15.3. The number of hydroxylamine groups is 1. The van der Waals surface area contributed by atoms with Crippen molar-refractivity contribution in [2.75, 3.05) is 13.2 Å². The van der Waals surface area contributed by atoms with E-state index >= 15 is 0 Å². The van der Waals surface area contributed by atoms with Gasteiger partial charge in [-0.25, -0.2) is 5.48 Å². The molecule has 1 fully saturated rings. The van der Waals surface area contributed by atoms with Gasteiger partial charge in [-0.15, -0.1) is 0 Å². The van der Waals surface area contributed by atoms with Crippen LogP contribution in [0.1, 0.15) is 43.7 Å². The molecule has 2 aromatic carbocycles. The average molecular weight is 422 g/mol. The Morgan fingerprint density at radius 1 is 1.23 bits per heavy atom. The number of carbonyl (C=O) groups excluding carboxylic acids is 2. The number of ether oxygens (including phenoxy) is 2. The molecule has 0 bridgehead atoms. The fourth-order valence-corrected chi connectivity index (χ4v) is 4.44. The third kappa shape index (κ3) is 3.93. The Hall–Kier alpha value is -3.19. The molecule has 31 heavy (non-hydrogen) atoms. The van der Waals surface area contributed by atoms with Gasteiger partial charge in [0.15, 0.2) is 0 Å². The Morgan fingerprint density at radius 3 is 2.81 bits per heavy atom. The summed E-state index contributed by atoms with van der Waals surface area (Å²) in [5.41, 5.74) is 4.42. The molecule has 0 radical (unpaired) electrons. The molecular weight excluding hydrogens is 396 g/mol. The number of esters is 1.